The van der Waals surface area contributed by atoms with E-state index in [0.29, 0.717) is 10.7 Å². The molecule has 0 aliphatic carbocycles. The molecule has 1 heterocycles. The number of aliphatic hydroxyl groups excluding tert-OH is 1. The Bertz CT molecular complexity index is 785. The summed E-state index contributed by atoms with van der Waals surface area (Å²) in [6.45, 7) is 0.105. The minimum atomic E-state index is -0.777. The molecule has 1 aliphatic rings. The molecule has 1 aliphatic heterocycles. The summed E-state index contributed by atoms with van der Waals surface area (Å²) in [7, 11) is 0. The van der Waals surface area contributed by atoms with E-state index >= 15 is 0 Å². The monoisotopic (exact) mass is 376 g/mol. The number of carbonyl (C=O) groups excluding carboxylic acids is 2. The molecule has 0 radical (unpaired) electrons. The van der Waals surface area contributed by atoms with E-state index in [1.807, 2.05) is 24.3 Å². The lowest BCUT2D eigenvalue weighted by Gasteiger charge is -2.24. The molecular formula is C18H17ClN2O3S. The number of thioether (sulfide) groups is 1. The van der Waals surface area contributed by atoms with Gasteiger partial charge in [-0.1, -0.05) is 41.9 Å². The third-order valence-corrected chi connectivity index (χ3v) is 5.32. The molecule has 0 fully saturated rings. The van der Waals surface area contributed by atoms with E-state index in [1.54, 1.807) is 24.3 Å². The number of carbonyl (C=O) groups is 2. The first-order chi connectivity index (χ1) is 12.0. The van der Waals surface area contributed by atoms with Crippen molar-refractivity contribution >= 4 is 40.9 Å². The molecule has 2 aromatic rings. The summed E-state index contributed by atoms with van der Waals surface area (Å²) in [5, 5.41) is 15.6. The van der Waals surface area contributed by atoms with Gasteiger partial charge in [0.1, 0.15) is 0 Å². The van der Waals surface area contributed by atoms with E-state index in [2.05, 4.69) is 10.6 Å². The highest BCUT2D eigenvalue weighted by atomic mass is 35.5. The molecule has 0 saturated carbocycles. The van der Waals surface area contributed by atoms with Gasteiger partial charge in [0, 0.05) is 22.9 Å². The number of benzene rings is 2. The lowest BCUT2D eigenvalue weighted by atomic mass is 10.1. The maximum atomic E-state index is 12.2. The van der Waals surface area contributed by atoms with Crippen LogP contribution in [0.5, 0.6) is 0 Å². The van der Waals surface area contributed by atoms with Crippen LogP contribution in [-0.2, 0) is 9.59 Å². The summed E-state index contributed by atoms with van der Waals surface area (Å²) in [6.07, 6.45) is -0.735. The molecule has 3 N–H and O–H groups in total. The van der Waals surface area contributed by atoms with Gasteiger partial charge in [0.05, 0.1) is 17.0 Å². The summed E-state index contributed by atoms with van der Waals surface area (Å²) in [4.78, 5) is 25.2. The molecule has 0 saturated heterocycles. The van der Waals surface area contributed by atoms with Crippen molar-refractivity contribution < 1.29 is 14.7 Å². The van der Waals surface area contributed by atoms with Gasteiger partial charge in [-0.05, 0) is 23.8 Å². The first-order valence-corrected chi connectivity index (χ1v) is 9.05. The first-order valence-electron chi connectivity index (χ1n) is 7.79. The minimum Gasteiger partial charge on any atom is -0.387 e. The van der Waals surface area contributed by atoms with Crippen molar-refractivity contribution in [1.82, 2.24) is 5.32 Å². The second kappa shape index (κ2) is 7.91. The molecular weight excluding hydrogens is 360 g/mol. The predicted octanol–water partition coefficient (Wildman–Crippen LogP) is 2.99. The van der Waals surface area contributed by atoms with Gasteiger partial charge in [0.15, 0.2) is 0 Å². The average molecular weight is 377 g/mol. The fourth-order valence-corrected chi connectivity index (χ4v) is 3.76. The van der Waals surface area contributed by atoms with Crippen LogP contribution in [0, 0.1) is 0 Å². The highest BCUT2D eigenvalue weighted by Gasteiger charge is 2.29. The van der Waals surface area contributed by atoms with Crippen molar-refractivity contribution in [1.29, 1.82) is 0 Å². The van der Waals surface area contributed by atoms with Crippen LogP contribution in [0.4, 0.5) is 5.69 Å². The second-order valence-corrected chi connectivity index (χ2v) is 7.35. The molecule has 3 rings (SSSR count). The fourth-order valence-electron chi connectivity index (χ4n) is 2.50. The van der Waals surface area contributed by atoms with Crippen LogP contribution in [0.2, 0.25) is 5.02 Å². The van der Waals surface area contributed by atoms with Crippen molar-refractivity contribution in [3.05, 3.63) is 59.1 Å². The van der Waals surface area contributed by atoms with Crippen molar-refractivity contribution in [3.63, 3.8) is 0 Å². The van der Waals surface area contributed by atoms with Gasteiger partial charge in [-0.15, -0.1) is 11.8 Å². The number of nitrogens with one attached hydrogen (secondary N) is 2. The van der Waals surface area contributed by atoms with Gasteiger partial charge in [0.2, 0.25) is 11.8 Å². The Morgan fingerprint density at radius 3 is 2.80 bits per heavy atom. The standard InChI is InChI=1S/C18H17ClN2O3S/c19-12-6-7-15-13(8-12)21-18(24)16(25-15)9-17(23)20-10-14(22)11-4-2-1-3-5-11/h1-8,14,16,22H,9-10H2,(H,20,23)(H,21,24). The summed E-state index contributed by atoms with van der Waals surface area (Å²) >= 11 is 7.26. The molecule has 0 bridgehead atoms. The van der Waals surface area contributed by atoms with Gasteiger partial charge in [-0.3, -0.25) is 9.59 Å². The van der Waals surface area contributed by atoms with E-state index in [-0.39, 0.29) is 24.8 Å². The smallest absolute Gasteiger partial charge is 0.238 e. The molecule has 2 aromatic carbocycles. The number of amides is 2. The number of halogens is 1. The number of rotatable bonds is 5. The molecule has 0 spiro atoms. The summed E-state index contributed by atoms with van der Waals surface area (Å²) in [6, 6.07) is 14.4. The summed E-state index contributed by atoms with van der Waals surface area (Å²) in [5.41, 5.74) is 1.40. The van der Waals surface area contributed by atoms with E-state index in [1.165, 1.54) is 11.8 Å². The highest BCUT2D eigenvalue weighted by molar-refractivity contribution is 8.01. The van der Waals surface area contributed by atoms with Gasteiger partial charge >= 0.3 is 0 Å². The molecule has 2 amide bonds. The van der Waals surface area contributed by atoms with Gasteiger partial charge in [-0.25, -0.2) is 0 Å². The van der Waals surface area contributed by atoms with E-state index < -0.39 is 11.4 Å². The lowest BCUT2D eigenvalue weighted by molar-refractivity contribution is -0.124. The Morgan fingerprint density at radius 2 is 2.04 bits per heavy atom. The minimum absolute atomic E-state index is 0.0417. The molecule has 25 heavy (non-hydrogen) atoms. The third kappa shape index (κ3) is 4.54. The average Bonchev–Trinajstić information content (AvgIpc) is 2.61. The van der Waals surface area contributed by atoms with Crippen molar-refractivity contribution in [2.24, 2.45) is 0 Å². The molecule has 2 atom stereocenters. The van der Waals surface area contributed by atoms with Crippen LogP contribution in [0.3, 0.4) is 0 Å². The van der Waals surface area contributed by atoms with Crippen LogP contribution in [0.1, 0.15) is 18.1 Å². The normalized spacial score (nSPS) is 17.4. The number of hydrogen-bond acceptors (Lipinski definition) is 4. The summed E-state index contributed by atoms with van der Waals surface area (Å²) in [5.74, 6) is -0.501. The molecule has 5 nitrogen and oxygen atoms in total. The van der Waals surface area contributed by atoms with E-state index in [9.17, 15) is 14.7 Å². The third-order valence-electron chi connectivity index (χ3n) is 3.81. The second-order valence-electron chi connectivity index (χ2n) is 5.67. The van der Waals surface area contributed by atoms with Gasteiger partial charge in [-0.2, -0.15) is 0 Å². The van der Waals surface area contributed by atoms with Crippen molar-refractivity contribution in [3.8, 4) is 0 Å². The maximum absolute atomic E-state index is 12.2. The Balaban J connectivity index is 1.54. The Hall–Kier alpha value is -2.02. The SMILES string of the molecule is O=C(CC1Sc2ccc(Cl)cc2NC1=O)NCC(O)c1ccccc1. The topological polar surface area (TPSA) is 78.4 Å². The van der Waals surface area contributed by atoms with Crippen LogP contribution >= 0.6 is 23.4 Å². The zero-order valence-electron chi connectivity index (χ0n) is 13.2. The fraction of sp³-hybridized carbons (Fsp3) is 0.222. The number of fused-ring (bicyclic) bond motifs is 1. The van der Waals surface area contributed by atoms with Crippen LogP contribution in [0.15, 0.2) is 53.4 Å². The van der Waals surface area contributed by atoms with Gasteiger partial charge < -0.3 is 15.7 Å². The Kier molecular flexibility index (Phi) is 5.63. The van der Waals surface area contributed by atoms with Crippen LogP contribution in [0.25, 0.3) is 0 Å². The highest BCUT2D eigenvalue weighted by Crippen LogP contribution is 2.38. The Morgan fingerprint density at radius 1 is 1.28 bits per heavy atom. The van der Waals surface area contributed by atoms with E-state index in [4.69, 9.17) is 11.6 Å². The largest absolute Gasteiger partial charge is 0.387 e. The van der Waals surface area contributed by atoms with Crippen LogP contribution < -0.4 is 10.6 Å². The molecule has 2 unspecified atom stereocenters. The number of hydrogen-bond donors (Lipinski definition) is 3. The predicted molar refractivity (Wildman–Crippen MR) is 98.8 cm³/mol. The number of aliphatic hydroxyl groups is 1. The zero-order chi connectivity index (χ0) is 17.8. The molecule has 0 aromatic heterocycles. The van der Waals surface area contributed by atoms with Crippen LogP contribution in [-0.4, -0.2) is 28.7 Å². The summed E-state index contributed by atoms with van der Waals surface area (Å²) < 4.78 is 0. The lowest BCUT2D eigenvalue weighted by Crippen LogP contribution is -2.36. The van der Waals surface area contributed by atoms with E-state index in [0.717, 1.165) is 10.5 Å². The molecule has 130 valence electrons. The zero-order valence-corrected chi connectivity index (χ0v) is 14.8. The van der Waals surface area contributed by atoms with Crippen molar-refractivity contribution in [2.75, 3.05) is 11.9 Å². The quantitative estimate of drug-likeness (QED) is 0.749. The molecule has 7 heteroatoms. The first kappa shape index (κ1) is 17.8. The maximum Gasteiger partial charge on any atom is 0.238 e. The number of anilines is 1. The van der Waals surface area contributed by atoms with Crippen molar-refractivity contribution in [2.45, 2.75) is 22.7 Å². The Labute approximate surface area is 154 Å². The van der Waals surface area contributed by atoms with Gasteiger partial charge in [0.25, 0.3) is 0 Å².